The zero-order valence-corrected chi connectivity index (χ0v) is 12.6. The van der Waals surface area contributed by atoms with E-state index in [9.17, 15) is 9.18 Å². The van der Waals surface area contributed by atoms with Crippen LogP contribution in [-0.2, 0) is 4.79 Å². The van der Waals surface area contributed by atoms with Crippen LogP contribution in [0.4, 0.5) is 10.1 Å². The van der Waals surface area contributed by atoms with Crippen LogP contribution in [0.2, 0.25) is 0 Å². The van der Waals surface area contributed by atoms with Crippen molar-refractivity contribution in [2.24, 2.45) is 5.73 Å². The Balaban J connectivity index is 2.18. The SMILES string of the molecule is CC(C(=O)N1CCCC1)N(CCCN)c1ccccc1F. The Morgan fingerprint density at radius 1 is 1.38 bits per heavy atom. The Labute approximate surface area is 125 Å². The number of nitrogens with two attached hydrogens (primary N) is 1. The van der Waals surface area contributed by atoms with Crippen LogP contribution in [0, 0.1) is 5.82 Å². The number of benzene rings is 1. The third-order valence-corrected chi connectivity index (χ3v) is 4.01. The van der Waals surface area contributed by atoms with Crippen LogP contribution < -0.4 is 10.6 Å². The van der Waals surface area contributed by atoms with Crippen molar-refractivity contribution >= 4 is 11.6 Å². The predicted octanol–water partition coefficient (Wildman–Crippen LogP) is 1.99. The summed E-state index contributed by atoms with van der Waals surface area (Å²) in [5.41, 5.74) is 6.05. The van der Waals surface area contributed by atoms with Crippen LogP contribution in [0.15, 0.2) is 24.3 Å². The van der Waals surface area contributed by atoms with Crippen molar-refractivity contribution in [3.63, 3.8) is 0 Å². The third kappa shape index (κ3) is 3.73. The van der Waals surface area contributed by atoms with Crippen molar-refractivity contribution in [1.29, 1.82) is 0 Å². The molecule has 2 rings (SSSR count). The molecule has 1 aromatic carbocycles. The zero-order chi connectivity index (χ0) is 15.2. The van der Waals surface area contributed by atoms with Gasteiger partial charge in [-0.05, 0) is 44.9 Å². The third-order valence-electron chi connectivity index (χ3n) is 4.01. The molecule has 0 spiro atoms. The van der Waals surface area contributed by atoms with Gasteiger partial charge in [0, 0.05) is 19.6 Å². The number of likely N-dealkylation sites (tertiary alicyclic amines) is 1. The largest absolute Gasteiger partial charge is 0.357 e. The minimum atomic E-state index is -0.369. The monoisotopic (exact) mass is 293 g/mol. The van der Waals surface area contributed by atoms with Gasteiger partial charge in [0.05, 0.1) is 5.69 Å². The number of carbonyl (C=O) groups excluding carboxylic acids is 1. The van der Waals surface area contributed by atoms with Crippen LogP contribution in [0.3, 0.4) is 0 Å². The van der Waals surface area contributed by atoms with Gasteiger partial charge >= 0.3 is 0 Å². The number of para-hydroxylation sites is 1. The highest BCUT2D eigenvalue weighted by atomic mass is 19.1. The van der Waals surface area contributed by atoms with E-state index in [1.54, 1.807) is 18.2 Å². The van der Waals surface area contributed by atoms with Crippen LogP contribution in [0.1, 0.15) is 26.2 Å². The maximum Gasteiger partial charge on any atom is 0.244 e. The van der Waals surface area contributed by atoms with E-state index < -0.39 is 0 Å². The average molecular weight is 293 g/mol. The summed E-state index contributed by atoms with van der Waals surface area (Å²) < 4.78 is 14.1. The van der Waals surface area contributed by atoms with E-state index in [0.29, 0.717) is 18.8 Å². The molecule has 116 valence electrons. The van der Waals surface area contributed by atoms with E-state index in [1.165, 1.54) is 6.07 Å². The fraction of sp³-hybridized carbons (Fsp3) is 0.562. The fourth-order valence-corrected chi connectivity index (χ4v) is 2.80. The Morgan fingerprint density at radius 2 is 2.05 bits per heavy atom. The molecule has 4 nitrogen and oxygen atoms in total. The van der Waals surface area contributed by atoms with Gasteiger partial charge in [-0.15, -0.1) is 0 Å². The van der Waals surface area contributed by atoms with Crippen molar-refractivity contribution < 1.29 is 9.18 Å². The normalized spacial score (nSPS) is 16.0. The van der Waals surface area contributed by atoms with E-state index in [-0.39, 0.29) is 17.8 Å². The number of nitrogens with zero attached hydrogens (tertiary/aromatic N) is 2. The summed E-state index contributed by atoms with van der Waals surface area (Å²) >= 11 is 0. The molecular formula is C16H24FN3O. The average Bonchev–Trinajstić information content (AvgIpc) is 3.02. The summed E-state index contributed by atoms with van der Waals surface area (Å²) in [5.74, 6) is -0.219. The van der Waals surface area contributed by atoms with Crippen LogP contribution in [0.25, 0.3) is 0 Å². The van der Waals surface area contributed by atoms with Crippen LogP contribution in [0.5, 0.6) is 0 Å². The number of carbonyl (C=O) groups is 1. The first-order valence-electron chi connectivity index (χ1n) is 7.65. The minimum Gasteiger partial charge on any atom is -0.357 e. The number of hydrogen-bond acceptors (Lipinski definition) is 3. The maximum absolute atomic E-state index is 14.1. The lowest BCUT2D eigenvalue weighted by Crippen LogP contribution is -2.47. The molecule has 1 saturated heterocycles. The number of halogens is 1. The number of rotatable bonds is 6. The summed E-state index contributed by atoms with van der Waals surface area (Å²) in [7, 11) is 0. The lowest BCUT2D eigenvalue weighted by Gasteiger charge is -2.33. The zero-order valence-electron chi connectivity index (χ0n) is 12.6. The molecule has 1 aliphatic heterocycles. The van der Waals surface area contributed by atoms with Gasteiger partial charge in [0.15, 0.2) is 0 Å². The van der Waals surface area contributed by atoms with Gasteiger partial charge in [0.25, 0.3) is 0 Å². The predicted molar refractivity (Wildman–Crippen MR) is 82.7 cm³/mol. The Kier molecular flexibility index (Phi) is 5.56. The fourth-order valence-electron chi connectivity index (χ4n) is 2.80. The topological polar surface area (TPSA) is 49.6 Å². The Hall–Kier alpha value is -1.62. The number of hydrogen-bond donors (Lipinski definition) is 1. The first-order chi connectivity index (χ1) is 10.1. The molecule has 0 aromatic heterocycles. The van der Waals surface area contributed by atoms with Gasteiger partial charge in [0.1, 0.15) is 11.9 Å². The van der Waals surface area contributed by atoms with Gasteiger partial charge < -0.3 is 15.5 Å². The van der Waals surface area contributed by atoms with Gasteiger partial charge in [0.2, 0.25) is 5.91 Å². The first kappa shape index (κ1) is 15.8. The van der Waals surface area contributed by atoms with Crippen molar-refractivity contribution in [1.82, 2.24) is 4.90 Å². The van der Waals surface area contributed by atoms with Crippen molar-refractivity contribution in [2.75, 3.05) is 31.1 Å². The molecule has 2 N–H and O–H groups in total. The summed E-state index contributed by atoms with van der Waals surface area (Å²) in [6.07, 6.45) is 2.84. The molecule has 0 radical (unpaired) electrons. The second kappa shape index (κ2) is 7.41. The summed E-state index contributed by atoms with van der Waals surface area (Å²) in [6, 6.07) is 6.23. The lowest BCUT2D eigenvalue weighted by molar-refractivity contribution is -0.131. The summed E-state index contributed by atoms with van der Waals surface area (Å²) in [5, 5.41) is 0. The summed E-state index contributed by atoms with van der Waals surface area (Å²) in [6.45, 7) is 4.58. The molecule has 21 heavy (non-hydrogen) atoms. The molecule has 1 atom stereocenters. The summed E-state index contributed by atoms with van der Waals surface area (Å²) in [4.78, 5) is 16.3. The highest BCUT2D eigenvalue weighted by Gasteiger charge is 2.28. The molecule has 1 fully saturated rings. The first-order valence-corrected chi connectivity index (χ1v) is 7.65. The second-order valence-corrected chi connectivity index (χ2v) is 5.50. The molecule has 1 unspecified atom stereocenters. The van der Waals surface area contributed by atoms with Crippen molar-refractivity contribution in [3.05, 3.63) is 30.1 Å². The smallest absolute Gasteiger partial charge is 0.244 e. The molecular weight excluding hydrogens is 269 g/mol. The van der Waals surface area contributed by atoms with Gasteiger partial charge in [-0.3, -0.25) is 4.79 Å². The molecule has 1 heterocycles. The van der Waals surface area contributed by atoms with Crippen molar-refractivity contribution in [3.8, 4) is 0 Å². The highest BCUT2D eigenvalue weighted by molar-refractivity contribution is 5.85. The van der Waals surface area contributed by atoms with E-state index in [2.05, 4.69) is 0 Å². The Morgan fingerprint density at radius 3 is 2.67 bits per heavy atom. The Bertz CT molecular complexity index is 474. The second-order valence-electron chi connectivity index (χ2n) is 5.50. The molecule has 5 heteroatoms. The van der Waals surface area contributed by atoms with E-state index in [1.807, 2.05) is 16.7 Å². The van der Waals surface area contributed by atoms with E-state index in [0.717, 1.165) is 32.4 Å². The molecule has 1 aromatic rings. The van der Waals surface area contributed by atoms with Crippen LogP contribution in [-0.4, -0.2) is 43.0 Å². The number of anilines is 1. The molecule has 1 aliphatic rings. The molecule has 0 bridgehead atoms. The van der Waals surface area contributed by atoms with E-state index >= 15 is 0 Å². The standard InChI is InChI=1S/C16H24FN3O/c1-13(16(21)19-10-4-5-11-19)20(12-6-9-18)15-8-3-2-7-14(15)17/h2-3,7-8,13H,4-6,9-12,18H2,1H3. The van der Waals surface area contributed by atoms with Gasteiger partial charge in [-0.1, -0.05) is 12.1 Å². The molecule has 0 saturated carbocycles. The van der Waals surface area contributed by atoms with Gasteiger partial charge in [-0.25, -0.2) is 4.39 Å². The maximum atomic E-state index is 14.1. The minimum absolute atomic E-state index is 0.0766. The quantitative estimate of drug-likeness (QED) is 0.872. The molecule has 1 amide bonds. The molecule has 0 aliphatic carbocycles. The van der Waals surface area contributed by atoms with Crippen LogP contribution >= 0.6 is 0 Å². The van der Waals surface area contributed by atoms with Crippen molar-refractivity contribution in [2.45, 2.75) is 32.2 Å². The lowest BCUT2D eigenvalue weighted by atomic mass is 10.1. The van der Waals surface area contributed by atoms with Gasteiger partial charge in [-0.2, -0.15) is 0 Å². The van der Waals surface area contributed by atoms with E-state index in [4.69, 9.17) is 5.73 Å². The number of amides is 1. The highest BCUT2D eigenvalue weighted by Crippen LogP contribution is 2.23.